The number of rotatable bonds is 3. The van der Waals surface area contributed by atoms with Crippen LogP contribution in [0.1, 0.15) is 35.5 Å². The fourth-order valence-corrected chi connectivity index (χ4v) is 3.73. The number of nitrogens with zero attached hydrogens (tertiary/aromatic N) is 3. The Bertz CT molecular complexity index is 797. The van der Waals surface area contributed by atoms with Gasteiger partial charge in [-0.15, -0.1) is 0 Å². The Hall–Kier alpha value is -2.38. The molecule has 2 saturated heterocycles. The van der Waals surface area contributed by atoms with E-state index in [4.69, 9.17) is 0 Å². The third-order valence-corrected chi connectivity index (χ3v) is 5.08. The zero-order valence-electron chi connectivity index (χ0n) is 14.4. The maximum atomic E-state index is 12.7. The second-order valence-electron chi connectivity index (χ2n) is 6.96. The van der Waals surface area contributed by atoms with Crippen LogP contribution in [-0.2, 0) is 4.79 Å². The number of carbonyl (C=O) groups excluding carboxylic acids is 1. The Balaban J connectivity index is 1.36. The van der Waals surface area contributed by atoms with Gasteiger partial charge >= 0.3 is 0 Å². The molecule has 7 nitrogen and oxygen atoms in total. The van der Waals surface area contributed by atoms with Gasteiger partial charge in [0.25, 0.3) is 0 Å². The molecule has 1 aromatic heterocycles. The van der Waals surface area contributed by atoms with Crippen LogP contribution in [0.15, 0.2) is 30.3 Å². The number of likely N-dealkylation sites (tertiary alicyclic amines) is 1. The van der Waals surface area contributed by atoms with Crippen molar-refractivity contribution >= 4 is 5.91 Å². The summed E-state index contributed by atoms with van der Waals surface area (Å²) < 4.78 is 2.02. The molecule has 0 saturated carbocycles. The average molecular weight is 341 g/mol. The van der Waals surface area contributed by atoms with Gasteiger partial charge in [-0.3, -0.25) is 9.48 Å². The lowest BCUT2D eigenvalue weighted by atomic mass is 9.99. The number of phenolic OH excluding ortho intramolecular Hbond substituents is 1. The topological polar surface area (TPSA) is 82.4 Å². The van der Waals surface area contributed by atoms with Gasteiger partial charge in [-0.1, -0.05) is 18.2 Å². The maximum absolute atomic E-state index is 12.7. The van der Waals surface area contributed by atoms with E-state index in [9.17, 15) is 9.90 Å². The number of nitrogens with one attached hydrogen (secondary N) is 2. The number of para-hydroxylation sites is 1. The van der Waals surface area contributed by atoms with Crippen LogP contribution in [0.4, 0.5) is 0 Å². The highest BCUT2D eigenvalue weighted by Crippen LogP contribution is 2.31. The predicted octanol–water partition coefficient (Wildman–Crippen LogP) is 1.20. The van der Waals surface area contributed by atoms with Crippen molar-refractivity contribution in [1.82, 2.24) is 25.5 Å². The van der Waals surface area contributed by atoms with Crippen LogP contribution < -0.4 is 10.9 Å². The highest BCUT2D eigenvalue weighted by Gasteiger charge is 2.39. The Morgan fingerprint density at radius 3 is 2.68 bits per heavy atom. The largest absolute Gasteiger partial charge is 0.508 e. The van der Waals surface area contributed by atoms with Gasteiger partial charge in [-0.25, -0.2) is 10.9 Å². The minimum Gasteiger partial charge on any atom is -0.508 e. The predicted molar refractivity (Wildman–Crippen MR) is 92.8 cm³/mol. The third-order valence-electron chi connectivity index (χ3n) is 5.08. The van der Waals surface area contributed by atoms with Crippen molar-refractivity contribution in [1.29, 1.82) is 0 Å². The van der Waals surface area contributed by atoms with E-state index >= 15 is 0 Å². The Labute approximate surface area is 146 Å². The second-order valence-corrected chi connectivity index (χ2v) is 6.96. The minimum atomic E-state index is -0.272. The lowest BCUT2D eigenvalue weighted by molar-refractivity contribution is -0.139. The van der Waals surface area contributed by atoms with E-state index in [1.807, 2.05) is 35.6 Å². The van der Waals surface area contributed by atoms with Crippen molar-refractivity contribution in [2.24, 2.45) is 0 Å². The molecule has 0 radical (unpaired) electrons. The number of hydrogen-bond donors (Lipinski definition) is 3. The molecule has 2 fully saturated rings. The zero-order valence-corrected chi connectivity index (χ0v) is 14.4. The Morgan fingerprint density at radius 1 is 1.24 bits per heavy atom. The molecule has 0 aliphatic carbocycles. The first-order valence-electron chi connectivity index (χ1n) is 8.63. The van der Waals surface area contributed by atoms with Crippen molar-refractivity contribution < 1.29 is 9.90 Å². The first-order valence-corrected chi connectivity index (χ1v) is 8.63. The van der Waals surface area contributed by atoms with Gasteiger partial charge in [0.05, 0.1) is 17.8 Å². The van der Waals surface area contributed by atoms with Gasteiger partial charge in [0.2, 0.25) is 5.91 Å². The summed E-state index contributed by atoms with van der Waals surface area (Å²) in [6.45, 7) is 5.42. The monoisotopic (exact) mass is 341 g/mol. The van der Waals surface area contributed by atoms with Crippen molar-refractivity contribution in [2.75, 3.05) is 13.1 Å². The molecule has 1 amide bonds. The number of phenols is 1. The Kier molecular flexibility index (Phi) is 3.97. The molecule has 2 aromatic rings. The quantitative estimate of drug-likeness (QED) is 0.781. The molecule has 2 unspecified atom stereocenters. The number of aromatic hydroxyl groups is 1. The zero-order chi connectivity index (χ0) is 17.6. The summed E-state index contributed by atoms with van der Waals surface area (Å²) in [5.74, 6) is 0.353. The van der Waals surface area contributed by atoms with E-state index in [2.05, 4.69) is 22.0 Å². The number of hydrogen-bond acceptors (Lipinski definition) is 5. The summed E-state index contributed by atoms with van der Waals surface area (Å²) in [4.78, 5) is 14.6. The summed E-state index contributed by atoms with van der Waals surface area (Å²) in [7, 11) is 0. The lowest BCUT2D eigenvalue weighted by Crippen LogP contribution is -2.56. The molecule has 2 aliphatic heterocycles. The van der Waals surface area contributed by atoms with E-state index < -0.39 is 0 Å². The number of aromatic nitrogens is 2. The fraction of sp³-hybridized carbons (Fsp3) is 0.444. The highest BCUT2D eigenvalue weighted by molar-refractivity contribution is 5.83. The number of aryl methyl sites for hydroxylation is 2. The van der Waals surface area contributed by atoms with Crippen molar-refractivity contribution in [2.45, 2.75) is 38.4 Å². The van der Waals surface area contributed by atoms with Crippen LogP contribution in [0.5, 0.6) is 5.75 Å². The minimum absolute atomic E-state index is 0.0665. The molecule has 4 rings (SSSR count). The molecule has 132 valence electrons. The van der Waals surface area contributed by atoms with E-state index in [1.54, 1.807) is 12.1 Å². The molecular weight excluding hydrogens is 318 g/mol. The standard InChI is InChI=1S/C18H23N5O2/c1-11-7-12(2)23(21-11)13-9-22(10-13)18(25)16-8-15(19-20-16)14-5-3-4-6-17(14)24/h3-7,13,15-16,19-20,24H,8-10H2,1-2H3. The summed E-state index contributed by atoms with van der Waals surface area (Å²) in [6, 6.07) is 9.22. The number of hydrazine groups is 1. The van der Waals surface area contributed by atoms with Crippen LogP contribution in [-0.4, -0.2) is 44.8 Å². The highest BCUT2D eigenvalue weighted by atomic mass is 16.3. The maximum Gasteiger partial charge on any atom is 0.241 e. The molecule has 2 aliphatic rings. The van der Waals surface area contributed by atoms with Crippen molar-refractivity contribution in [3.8, 4) is 5.75 Å². The smallest absolute Gasteiger partial charge is 0.241 e. The van der Waals surface area contributed by atoms with Gasteiger partial charge in [-0.2, -0.15) is 5.10 Å². The van der Waals surface area contributed by atoms with Crippen LogP contribution in [0.2, 0.25) is 0 Å². The average Bonchev–Trinajstić information content (AvgIpc) is 3.13. The molecule has 1 aromatic carbocycles. The van der Waals surface area contributed by atoms with Gasteiger partial charge < -0.3 is 10.0 Å². The van der Waals surface area contributed by atoms with Crippen molar-refractivity contribution in [3.05, 3.63) is 47.3 Å². The third kappa shape index (κ3) is 2.89. The molecular formula is C18H23N5O2. The number of amides is 1. The van der Waals surface area contributed by atoms with Crippen molar-refractivity contribution in [3.63, 3.8) is 0 Å². The summed E-state index contributed by atoms with van der Waals surface area (Å²) >= 11 is 0. The van der Waals surface area contributed by atoms with Crippen LogP contribution >= 0.6 is 0 Å². The molecule has 2 atom stereocenters. The normalized spacial score (nSPS) is 23.7. The van der Waals surface area contributed by atoms with Crippen LogP contribution in [0.25, 0.3) is 0 Å². The fourth-order valence-electron chi connectivity index (χ4n) is 3.73. The van der Waals surface area contributed by atoms with E-state index in [0.29, 0.717) is 19.5 Å². The molecule has 0 bridgehead atoms. The van der Waals surface area contributed by atoms with Crippen LogP contribution in [0, 0.1) is 13.8 Å². The molecule has 25 heavy (non-hydrogen) atoms. The van der Waals surface area contributed by atoms with E-state index in [-0.39, 0.29) is 29.8 Å². The lowest BCUT2D eigenvalue weighted by Gasteiger charge is -2.40. The van der Waals surface area contributed by atoms with Gasteiger partial charge in [-0.05, 0) is 32.4 Å². The SMILES string of the molecule is Cc1cc(C)n(C2CN(C(=O)C3CC(c4ccccc4O)NN3)C2)n1. The summed E-state index contributed by atoms with van der Waals surface area (Å²) in [5, 5.41) is 14.5. The second kappa shape index (κ2) is 6.16. The van der Waals surface area contributed by atoms with Gasteiger partial charge in [0, 0.05) is 24.3 Å². The molecule has 7 heteroatoms. The molecule has 3 heterocycles. The Morgan fingerprint density at radius 2 is 2.00 bits per heavy atom. The first-order chi connectivity index (χ1) is 12.0. The summed E-state index contributed by atoms with van der Waals surface area (Å²) in [5.41, 5.74) is 9.16. The molecule has 3 N–H and O–H groups in total. The molecule has 0 spiro atoms. The van der Waals surface area contributed by atoms with Gasteiger partial charge in [0.15, 0.2) is 0 Å². The van der Waals surface area contributed by atoms with Gasteiger partial charge in [0.1, 0.15) is 11.8 Å². The van der Waals surface area contributed by atoms with Crippen LogP contribution in [0.3, 0.4) is 0 Å². The first kappa shape index (κ1) is 16.1. The summed E-state index contributed by atoms with van der Waals surface area (Å²) in [6.07, 6.45) is 0.622. The number of benzene rings is 1. The van der Waals surface area contributed by atoms with E-state index in [1.165, 1.54) is 0 Å². The van der Waals surface area contributed by atoms with E-state index in [0.717, 1.165) is 17.0 Å². The number of carbonyl (C=O) groups is 1.